The molecule has 0 atom stereocenters. The third-order valence-electron chi connectivity index (χ3n) is 2.51. The number of carbonyl (C=O) groups is 2. The van der Waals surface area contributed by atoms with Crippen molar-refractivity contribution < 1.29 is 19.2 Å². The quantitative estimate of drug-likeness (QED) is 0.920. The second-order valence-corrected chi connectivity index (χ2v) is 4.69. The maximum atomic E-state index is 12.1. The Morgan fingerprint density at radius 3 is 2.63 bits per heavy atom. The normalized spacial score (nSPS) is 10.5. The van der Waals surface area contributed by atoms with Crippen molar-refractivity contribution in [2.45, 2.75) is 13.8 Å². The number of nitrogens with zero attached hydrogens (tertiary/aromatic N) is 3. The van der Waals surface area contributed by atoms with E-state index in [0.717, 1.165) is 11.5 Å². The molecule has 0 spiro atoms. The van der Waals surface area contributed by atoms with Crippen molar-refractivity contribution in [2.75, 3.05) is 11.9 Å². The van der Waals surface area contributed by atoms with E-state index in [9.17, 15) is 9.59 Å². The Bertz CT molecular complexity index is 646. The molecule has 1 N–H and O–H groups in total. The lowest BCUT2D eigenvalue weighted by Gasteiger charge is -2.13. The molecule has 0 aliphatic carbocycles. The summed E-state index contributed by atoms with van der Waals surface area (Å²) in [6.45, 7) is 3.26. The van der Waals surface area contributed by atoms with Crippen LogP contribution in [0.2, 0.25) is 0 Å². The number of aromatic carboxylic acids is 1. The van der Waals surface area contributed by atoms with E-state index in [1.165, 1.54) is 18.0 Å². The molecule has 0 fully saturated rings. The van der Waals surface area contributed by atoms with Gasteiger partial charge in [0.25, 0.3) is 5.91 Å². The second kappa shape index (κ2) is 4.81. The monoisotopic (exact) mass is 281 g/mol. The highest BCUT2D eigenvalue weighted by Crippen LogP contribution is 2.28. The highest BCUT2D eigenvalue weighted by Gasteiger charge is 2.26. The summed E-state index contributed by atoms with van der Waals surface area (Å²) in [6, 6.07) is 1.49. The predicted molar refractivity (Wildman–Crippen MR) is 67.8 cm³/mol. The molecule has 0 saturated heterocycles. The van der Waals surface area contributed by atoms with E-state index >= 15 is 0 Å². The molecule has 7 nitrogen and oxygen atoms in total. The highest BCUT2D eigenvalue weighted by molar-refractivity contribution is 7.11. The molecule has 2 aromatic rings. The van der Waals surface area contributed by atoms with Crippen LogP contribution in [0.25, 0.3) is 0 Å². The molecule has 0 aliphatic heterocycles. The van der Waals surface area contributed by atoms with Crippen LogP contribution in [0.1, 0.15) is 32.3 Å². The van der Waals surface area contributed by atoms with Gasteiger partial charge in [-0.3, -0.25) is 9.69 Å². The van der Waals surface area contributed by atoms with Crippen LogP contribution in [0.15, 0.2) is 10.6 Å². The Hall–Kier alpha value is -2.22. The van der Waals surface area contributed by atoms with E-state index < -0.39 is 11.9 Å². The van der Waals surface area contributed by atoms with Crippen LogP contribution in [0.5, 0.6) is 0 Å². The largest absolute Gasteiger partial charge is 0.478 e. The molecule has 2 heterocycles. The van der Waals surface area contributed by atoms with Crippen LogP contribution in [0, 0.1) is 13.8 Å². The lowest BCUT2D eigenvalue weighted by Crippen LogP contribution is -2.27. The number of anilines is 1. The third-order valence-corrected chi connectivity index (χ3v) is 3.53. The molecule has 2 rings (SSSR count). The Morgan fingerprint density at radius 2 is 2.11 bits per heavy atom. The minimum atomic E-state index is -1.11. The average molecular weight is 281 g/mol. The van der Waals surface area contributed by atoms with Gasteiger partial charge in [0.15, 0.2) is 5.69 Å². The minimum Gasteiger partial charge on any atom is -0.478 e. The molecular formula is C11H11N3O4S. The first-order chi connectivity index (χ1) is 8.91. The van der Waals surface area contributed by atoms with Gasteiger partial charge in [-0.05, 0) is 25.4 Å². The molecule has 8 heteroatoms. The van der Waals surface area contributed by atoms with Crippen molar-refractivity contribution in [1.82, 2.24) is 9.53 Å². The maximum Gasteiger partial charge on any atom is 0.340 e. The van der Waals surface area contributed by atoms with E-state index in [4.69, 9.17) is 9.63 Å². The standard InChI is InChI=1S/C11H11N3O4S/c1-5-4-7(12-18-5)9(15)14(3)10-8(11(16)17)6(2)13-19-10/h4H,1-3H3,(H,16,17). The van der Waals surface area contributed by atoms with Crippen LogP contribution in [0.3, 0.4) is 0 Å². The number of rotatable bonds is 3. The first-order valence-electron chi connectivity index (χ1n) is 5.32. The maximum absolute atomic E-state index is 12.1. The van der Waals surface area contributed by atoms with Crippen LogP contribution >= 0.6 is 11.5 Å². The zero-order valence-electron chi connectivity index (χ0n) is 10.5. The number of carboxylic acids is 1. The van der Waals surface area contributed by atoms with Gasteiger partial charge >= 0.3 is 5.97 Å². The Kier molecular flexibility index (Phi) is 3.34. The Labute approximate surface area is 112 Å². The molecule has 19 heavy (non-hydrogen) atoms. The summed E-state index contributed by atoms with van der Waals surface area (Å²) in [5, 5.41) is 13.0. The first-order valence-corrected chi connectivity index (χ1v) is 6.10. The molecule has 1 amide bonds. The van der Waals surface area contributed by atoms with Crippen LogP contribution < -0.4 is 4.90 Å². The number of hydrogen-bond donors (Lipinski definition) is 1. The summed E-state index contributed by atoms with van der Waals surface area (Å²) in [5.74, 6) is -1.05. The van der Waals surface area contributed by atoms with E-state index in [-0.39, 0.29) is 16.3 Å². The summed E-state index contributed by atoms with van der Waals surface area (Å²) < 4.78 is 8.79. The molecule has 0 unspecified atom stereocenters. The lowest BCUT2D eigenvalue weighted by atomic mass is 10.2. The Morgan fingerprint density at radius 1 is 1.42 bits per heavy atom. The zero-order valence-corrected chi connectivity index (χ0v) is 11.3. The van der Waals surface area contributed by atoms with Crippen molar-refractivity contribution in [3.8, 4) is 0 Å². The van der Waals surface area contributed by atoms with Gasteiger partial charge in [-0.1, -0.05) is 5.16 Å². The van der Waals surface area contributed by atoms with Gasteiger partial charge in [0, 0.05) is 13.1 Å². The van der Waals surface area contributed by atoms with E-state index in [1.807, 2.05) is 0 Å². The number of carbonyl (C=O) groups excluding carboxylic acids is 1. The smallest absolute Gasteiger partial charge is 0.340 e. The van der Waals surface area contributed by atoms with Gasteiger partial charge in [-0.2, -0.15) is 4.37 Å². The fourth-order valence-corrected chi connectivity index (χ4v) is 2.41. The number of hydrogen-bond acceptors (Lipinski definition) is 6. The van der Waals surface area contributed by atoms with Crippen LogP contribution in [-0.4, -0.2) is 33.6 Å². The van der Waals surface area contributed by atoms with Gasteiger partial charge in [-0.15, -0.1) is 0 Å². The van der Waals surface area contributed by atoms with Gasteiger partial charge in [0.1, 0.15) is 16.3 Å². The van der Waals surface area contributed by atoms with Crippen molar-refractivity contribution >= 4 is 28.4 Å². The molecule has 100 valence electrons. The molecule has 2 aromatic heterocycles. The second-order valence-electron chi connectivity index (χ2n) is 3.94. The topological polar surface area (TPSA) is 96.5 Å². The van der Waals surface area contributed by atoms with Gasteiger partial charge in [0.2, 0.25) is 0 Å². The first kappa shape index (κ1) is 13.2. The lowest BCUT2D eigenvalue weighted by molar-refractivity contribution is 0.0697. The molecule has 0 aromatic carbocycles. The van der Waals surface area contributed by atoms with Gasteiger partial charge in [-0.25, -0.2) is 4.79 Å². The summed E-state index contributed by atoms with van der Waals surface area (Å²) >= 11 is 0.958. The van der Waals surface area contributed by atoms with E-state index in [0.29, 0.717) is 11.5 Å². The third kappa shape index (κ3) is 2.34. The van der Waals surface area contributed by atoms with Crippen molar-refractivity contribution in [1.29, 1.82) is 0 Å². The SMILES string of the molecule is Cc1cc(C(=O)N(C)c2snc(C)c2C(=O)O)no1. The fourth-order valence-electron chi connectivity index (χ4n) is 1.56. The number of aromatic nitrogens is 2. The van der Waals surface area contributed by atoms with E-state index in [2.05, 4.69) is 9.53 Å². The summed E-state index contributed by atoms with van der Waals surface area (Å²) in [7, 11) is 1.48. The number of carboxylic acid groups (broad SMARTS) is 1. The molecule has 0 bridgehead atoms. The summed E-state index contributed by atoms with van der Waals surface area (Å²) in [6.07, 6.45) is 0. The summed E-state index contributed by atoms with van der Waals surface area (Å²) in [4.78, 5) is 24.5. The predicted octanol–water partition coefficient (Wildman–Crippen LogP) is 1.72. The van der Waals surface area contributed by atoms with Crippen LogP contribution in [-0.2, 0) is 0 Å². The molecule has 0 saturated carbocycles. The number of aryl methyl sites for hydroxylation is 2. The fraction of sp³-hybridized carbons (Fsp3) is 0.273. The van der Waals surface area contributed by atoms with Gasteiger partial charge in [0.05, 0.1) is 5.69 Å². The zero-order chi connectivity index (χ0) is 14.2. The van der Waals surface area contributed by atoms with Crippen molar-refractivity contribution in [3.05, 3.63) is 28.8 Å². The minimum absolute atomic E-state index is 0.0288. The molecular weight excluding hydrogens is 270 g/mol. The molecule has 0 aliphatic rings. The highest BCUT2D eigenvalue weighted by atomic mass is 32.1. The van der Waals surface area contributed by atoms with Crippen molar-refractivity contribution in [3.63, 3.8) is 0 Å². The van der Waals surface area contributed by atoms with Crippen molar-refractivity contribution in [2.24, 2.45) is 0 Å². The average Bonchev–Trinajstić information content (AvgIpc) is 2.93. The summed E-state index contributed by atoms with van der Waals surface area (Å²) in [5.41, 5.74) is 0.534. The molecule has 0 radical (unpaired) electrons. The van der Waals surface area contributed by atoms with Crippen LogP contribution in [0.4, 0.5) is 5.00 Å². The Balaban J connectivity index is 2.37. The van der Waals surface area contributed by atoms with Gasteiger partial charge < -0.3 is 9.63 Å². The number of amides is 1. The van der Waals surface area contributed by atoms with E-state index in [1.54, 1.807) is 13.8 Å².